The van der Waals surface area contributed by atoms with Gasteiger partial charge in [-0.1, -0.05) is 24.3 Å². The Bertz CT molecular complexity index is 800. The van der Waals surface area contributed by atoms with Crippen LogP contribution in [0.25, 0.3) is 0 Å². The van der Waals surface area contributed by atoms with E-state index in [1.54, 1.807) is 24.3 Å². The second-order valence-electron chi connectivity index (χ2n) is 5.94. The summed E-state index contributed by atoms with van der Waals surface area (Å²) in [4.78, 5) is 35.6. The van der Waals surface area contributed by atoms with E-state index in [0.717, 1.165) is 11.1 Å². The Hall–Kier alpha value is -3.15. The van der Waals surface area contributed by atoms with E-state index in [1.165, 1.54) is 14.0 Å². The Balaban J connectivity index is 2.12. The van der Waals surface area contributed by atoms with Crippen molar-refractivity contribution >= 4 is 23.5 Å². The van der Waals surface area contributed by atoms with Crippen LogP contribution in [0.2, 0.25) is 0 Å². The SMILES string of the molecule is COC(=O)[C@H](Cc1ccccc1C)NC(=O)c1ccc(NC(C)=O)cc1. The van der Waals surface area contributed by atoms with Gasteiger partial charge in [-0.05, 0) is 42.3 Å². The molecule has 0 spiro atoms. The molecule has 0 radical (unpaired) electrons. The molecule has 1 atom stereocenters. The fourth-order valence-electron chi connectivity index (χ4n) is 2.54. The highest BCUT2D eigenvalue weighted by Gasteiger charge is 2.23. The van der Waals surface area contributed by atoms with Crippen LogP contribution in [0.1, 0.15) is 28.4 Å². The number of amides is 2. The molecule has 136 valence electrons. The lowest BCUT2D eigenvalue weighted by Crippen LogP contribution is -2.43. The molecule has 6 nitrogen and oxygen atoms in total. The average Bonchev–Trinajstić information content (AvgIpc) is 2.62. The maximum absolute atomic E-state index is 12.5. The van der Waals surface area contributed by atoms with Crippen LogP contribution in [0, 0.1) is 6.92 Å². The number of esters is 1. The normalized spacial score (nSPS) is 11.3. The van der Waals surface area contributed by atoms with Crippen molar-refractivity contribution < 1.29 is 19.1 Å². The smallest absolute Gasteiger partial charge is 0.328 e. The molecule has 2 aromatic carbocycles. The topological polar surface area (TPSA) is 84.5 Å². The number of carbonyl (C=O) groups is 3. The van der Waals surface area contributed by atoms with Crippen LogP contribution in [0.3, 0.4) is 0 Å². The molecular formula is C20H22N2O4. The van der Waals surface area contributed by atoms with Crippen molar-refractivity contribution in [3.8, 4) is 0 Å². The van der Waals surface area contributed by atoms with Gasteiger partial charge in [-0.2, -0.15) is 0 Å². The van der Waals surface area contributed by atoms with Gasteiger partial charge >= 0.3 is 5.97 Å². The molecular weight excluding hydrogens is 332 g/mol. The molecule has 2 N–H and O–H groups in total. The van der Waals surface area contributed by atoms with Crippen LogP contribution in [-0.4, -0.2) is 30.9 Å². The second-order valence-corrected chi connectivity index (χ2v) is 5.94. The molecule has 26 heavy (non-hydrogen) atoms. The first-order valence-corrected chi connectivity index (χ1v) is 8.21. The van der Waals surface area contributed by atoms with Crippen LogP contribution in [-0.2, 0) is 20.7 Å². The minimum absolute atomic E-state index is 0.189. The molecule has 0 heterocycles. The fourth-order valence-corrected chi connectivity index (χ4v) is 2.54. The Kier molecular flexibility index (Phi) is 6.49. The molecule has 2 rings (SSSR count). The van der Waals surface area contributed by atoms with Gasteiger partial charge in [-0.25, -0.2) is 4.79 Å². The van der Waals surface area contributed by atoms with Gasteiger partial charge in [-0.3, -0.25) is 9.59 Å². The summed E-state index contributed by atoms with van der Waals surface area (Å²) in [6.07, 6.45) is 0.342. The number of carbonyl (C=O) groups excluding carboxylic acids is 3. The van der Waals surface area contributed by atoms with E-state index in [0.29, 0.717) is 17.7 Å². The standard InChI is InChI=1S/C20H22N2O4/c1-13-6-4-5-7-16(13)12-18(20(25)26-3)22-19(24)15-8-10-17(11-9-15)21-14(2)23/h4-11,18H,12H2,1-3H3,(H,21,23)(H,22,24)/t18-/m0/s1. The van der Waals surface area contributed by atoms with Gasteiger partial charge in [0.15, 0.2) is 0 Å². The van der Waals surface area contributed by atoms with Crippen molar-refractivity contribution in [1.29, 1.82) is 0 Å². The van der Waals surface area contributed by atoms with Crippen LogP contribution in [0.5, 0.6) is 0 Å². The van der Waals surface area contributed by atoms with E-state index >= 15 is 0 Å². The zero-order valence-corrected chi connectivity index (χ0v) is 15.0. The lowest BCUT2D eigenvalue weighted by Gasteiger charge is -2.18. The van der Waals surface area contributed by atoms with E-state index in [-0.39, 0.29) is 11.8 Å². The molecule has 0 aliphatic rings. The van der Waals surface area contributed by atoms with Crippen molar-refractivity contribution in [2.24, 2.45) is 0 Å². The number of anilines is 1. The lowest BCUT2D eigenvalue weighted by molar-refractivity contribution is -0.142. The molecule has 0 saturated heterocycles. The van der Waals surface area contributed by atoms with Crippen LogP contribution >= 0.6 is 0 Å². The molecule has 0 bridgehead atoms. The third kappa shape index (κ3) is 5.17. The molecule has 0 saturated carbocycles. The number of hydrogen-bond acceptors (Lipinski definition) is 4. The van der Waals surface area contributed by atoms with Crippen molar-refractivity contribution in [1.82, 2.24) is 5.32 Å². The minimum Gasteiger partial charge on any atom is -0.467 e. The summed E-state index contributed by atoms with van der Waals surface area (Å²) < 4.78 is 4.82. The van der Waals surface area contributed by atoms with Gasteiger partial charge in [0.2, 0.25) is 5.91 Å². The third-order valence-corrected chi connectivity index (χ3v) is 3.94. The van der Waals surface area contributed by atoms with Crippen molar-refractivity contribution in [3.63, 3.8) is 0 Å². The summed E-state index contributed by atoms with van der Waals surface area (Å²) in [5.74, 6) is -1.08. The van der Waals surface area contributed by atoms with Crippen molar-refractivity contribution in [2.45, 2.75) is 26.3 Å². The lowest BCUT2D eigenvalue weighted by atomic mass is 10.0. The maximum atomic E-state index is 12.5. The number of methoxy groups -OCH3 is 1. The van der Waals surface area contributed by atoms with Gasteiger partial charge in [0.05, 0.1) is 7.11 Å². The predicted molar refractivity (Wildman–Crippen MR) is 98.9 cm³/mol. The molecule has 2 aromatic rings. The summed E-state index contributed by atoms with van der Waals surface area (Å²) in [6.45, 7) is 3.36. The van der Waals surface area contributed by atoms with Gasteiger partial charge in [-0.15, -0.1) is 0 Å². The number of hydrogen-bond donors (Lipinski definition) is 2. The molecule has 0 unspecified atom stereocenters. The van der Waals surface area contributed by atoms with E-state index in [1.807, 2.05) is 31.2 Å². The molecule has 2 amide bonds. The average molecular weight is 354 g/mol. The number of nitrogens with one attached hydrogen (secondary N) is 2. The zero-order valence-electron chi connectivity index (χ0n) is 15.0. The Morgan fingerprint density at radius 3 is 2.27 bits per heavy atom. The van der Waals surface area contributed by atoms with Crippen molar-refractivity contribution in [3.05, 3.63) is 65.2 Å². The van der Waals surface area contributed by atoms with Crippen LogP contribution < -0.4 is 10.6 Å². The Morgan fingerprint density at radius 1 is 1.04 bits per heavy atom. The van der Waals surface area contributed by atoms with Gasteiger partial charge in [0.1, 0.15) is 6.04 Å². The summed E-state index contributed by atoms with van der Waals surface area (Å²) in [5, 5.41) is 5.35. The summed E-state index contributed by atoms with van der Waals surface area (Å²) in [5.41, 5.74) is 2.98. The van der Waals surface area contributed by atoms with Crippen LogP contribution in [0.4, 0.5) is 5.69 Å². The molecule has 0 aliphatic carbocycles. The van der Waals surface area contributed by atoms with Crippen LogP contribution in [0.15, 0.2) is 48.5 Å². The molecule has 0 fully saturated rings. The maximum Gasteiger partial charge on any atom is 0.328 e. The highest BCUT2D eigenvalue weighted by atomic mass is 16.5. The monoisotopic (exact) mass is 354 g/mol. The number of aryl methyl sites for hydroxylation is 1. The quantitative estimate of drug-likeness (QED) is 0.781. The second kappa shape index (κ2) is 8.80. The fraction of sp³-hybridized carbons (Fsp3) is 0.250. The van der Waals surface area contributed by atoms with E-state index in [9.17, 15) is 14.4 Å². The summed E-state index contributed by atoms with van der Waals surface area (Å²) in [6, 6.07) is 13.3. The predicted octanol–water partition coefficient (Wildman–Crippen LogP) is 2.47. The minimum atomic E-state index is -0.788. The van der Waals surface area contributed by atoms with E-state index in [2.05, 4.69) is 10.6 Å². The molecule has 6 heteroatoms. The highest BCUT2D eigenvalue weighted by molar-refractivity contribution is 5.97. The largest absolute Gasteiger partial charge is 0.467 e. The summed E-state index contributed by atoms with van der Waals surface area (Å²) >= 11 is 0. The first-order valence-electron chi connectivity index (χ1n) is 8.21. The number of benzene rings is 2. The van der Waals surface area contributed by atoms with E-state index < -0.39 is 12.0 Å². The molecule has 0 aromatic heterocycles. The number of ether oxygens (including phenoxy) is 1. The first-order chi connectivity index (χ1) is 12.4. The summed E-state index contributed by atoms with van der Waals surface area (Å²) in [7, 11) is 1.29. The Labute approximate surface area is 152 Å². The van der Waals surface area contributed by atoms with Crippen molar-refractivity contribution in [2.75, 3.05) is 12.4 Å². The first kappa shape index (κ1) is 19.2. The van der Waals surface area contributed by atoms with Gasteiger partial charge in [0, 0.05) is 24.6 Å². The third-order valence-electron chi connectivity index (χ3n) is 3.94. The Morgan fingerprint density at radius 2 is 1.69 bits per heavy atom. The number of rotatable bonds is 6. The molecule has 0 aliphatic heterocycles. The van der Waals surface area contributed by atoms with Gasteiger partial charge < -0.3 is 15.4 Å². The zero-order chi connectivity index (χ0) is 19.1. The highest BCUT2D eigenvalue weighted by Crippen LogP contribution is 2.13. The van der Waals surface area contributed by atoms with Gasteiger partial charge in [0.25, 0.3) is 5.91 Å². The van der Waals surface area contributed by atoms with E-state index in [4.69, 9.17) is 4.74 Å².